The molecule has 4 heterocycles. The van der Waals surface area contributed by atoms with Gasteiger partial charge in [0.05, 0.1) is 11.0 Å². The van der Waals surface area contributed by atoms with Crippen molar-refractivity contribution in [3.63, 3.8) is 0 Å². The van der Waals surface area contributed by atoms with Crippen molar-refractivity contribution in [1.29, 1.82) is 0 Å². The zero-order valence-corrected chi connectivity index (χ0v) is 48.8. The number of rotatable bonds is 8. The Morgan fingerprint density at radius 3 is 0.959 bits per heavy atom. The molecule has 0 spiro atoms. The second-order valence-electron chi connectivity index (χ2n) is 27.1. The Hall–Kier alpha value is -5.73. The van der Waals surface area contributed by atoms with Crippen LogP contribution in [0.5, 0.6) is 0 Å². The van der Waals surface area contributed by atoms with Gasteiger partial charge in [-0.1, -0.05) is 195 Å². The maximum atomic E-state index is 2.73. The van der Waals surface area contributed by atoms with E-state index in [1.807, 2.05) is 0 Å². The van der Waals surface area contributed by atoms with Crippen molar-refractivity contribution in [3.8, 4) is 11.4 Å². The highest BCUT2D eigenvalue weighted by molar-refractivity contribution is 7.00. The van der Waals surface area contributed by atoms with Crippen molar-refractivity contribution < 1.29 is 0 Å². The Labute approximate surface area is 445 Å². The Kier molecular flexibility index (Phi) is 11.9. The molecule has 0 unspecified atom stereocenters. The average molecular weight is 973 g/mol. The Balaban J connectivity index is 1.39. The molecule has 0 saturated carbocycles. The van der Waals surface area contributed by atoms with Crippen LogP contribution in [0.2, 0.25) is 0 Å². The highest BCUT2D eigenvalue weighted by atomic mass is 15.0. The van der Waals surface area contributed by atoms with Crippen molar-refractivity contribution in [2.45, 2.75) is 185 Å². The molecule has 0 atom stereocenters. The molecule has 0 saturated heterocycles. The van der Waals surface area contributed by atoms with Crippen molar-refractivity contribution in [3.05, 3.63) is 153 Å². The first kappa shape index (κ1) is 50.4. The minimum atomic E-state index is 0.01000. The first-order chi connectivity index (χ1) is 34.8. The lowest BCUT2D eigenvalue weighted by Gasteiger charge is -2.36. The molecule has 0 fully saturated rings. The van der Waals surface area contributed by atoms with E-state index >= 15 is 0 Å². The fourth-order valence-electron chi connectivity index (χ4n) is 13.6. The van der Waals surface area contributed by atoms with Crippen LogP contribution in [0.4, 0.5) is 0 Å². The summed E-state index contributed by atoms with van der Waals surface area (Å²) < 4.78 is 5.45. The molecule has 0 radical (unpaired) electrons. The molecule has 11 rings (SSSR count). The first-order valence-corrected chi connectivity index (χ1v) is 28.5. The van der Waals surface area contributed by atoms with E-state index in [0.29, 0.717) is 35.5 Å². The van der Waals surface area contributed by atoms with Crippen molar-refractivity contribution in [2.24, 2.45) is 0 Å². The second kappa shape index (κ2) is 17.4. The molecule has 0 bridgehead atoms. The summed E-state index contributed by atoms with van der Waals surface area (Å²) in [5, 5.41) is 5.43. The third-order valence-electron chi connectivity index (χ3n) is 17.6. The van der Waals surface area contributed by atoms with Crippen LogP contribution >= 0.6 is 0 Å². The third kappa shape index (κ3) is 7.64. The molecule has 2 aliphatic heterocycles. The van der Waals surface area contributed by atoms with Crippen LogP contribution < -0.4 is 32.8 Å². The van der Waals surface area contributed by atoms with Crippen LogP contribution in [0.25, 0.3) is 55.0 Å². The summed E-state index contributed by atoms with van der Waals surface area (Å²) in [6.07, 6.45) is 0. The molecule has 4 heteroatoms. The van der Waals surface area contributed by atoms with E-state index in [2.05, 4.69) is 245 Å². The minimum Gasteiger partial charge on any atom is -0.310 e. The molecular weight excluding hydrogens is 890 g/mol. The Morgan fingerprint density at radius 1 is 0.351 bits per heavy atom. The Bertz CT molecular complexity index is 3480. The zero-order valence-electron chi connectivity index (χ0n) is 48.8. The van der Waals surface area contributed by atoms with Gasteiger partial charge in [0.25, 0.3) is 0 Å². The highest BCUT2D eigenvalue weighted by Crippen LogP contribution is 2.41. The number of aromatic nitrogens is 2. The first-order valence-electron chi connectivity index (χ1n) is 28.5. The molecule has 2 nitrogen and oxygen atoms in total. The van der Waals surface area contributed by atoms with Crippen LogP contribution in [-0.4, -0.2) is 22.6 Å². The summed E-state index contributed by atoms with van der Waals surface area (Å²) in [5.74, 6) is 2.22. The van der Waals surface area contributed by atoms with E-state index in [-0.39, 0.29) is 24.3 Å². The lowest BCUT2D eigenvalue weighted by molar-refractivity contribution is 0.591. The summed E-state index contributed by atoms with van der Waals surface area (Å²) in [6.45, 7) is 47.8. The van der Waals surface area contributed by atoms with Crippen LogP contribution in [0.1, 0.15) is 216 Å². The van der Waals surface area contributed by atoms with E-state index in [9.17, 15) is 0 Å². The number of aryl methyl sites for hydroxylation is 2. The van der Waals surface area contributed by atoms with E-state index in [0.717, 1.165) is 0 Å². The predicted molar refractivity (Wildman–Crippen MR) is 329 cm³/mol. The molecule has 378 valence electrons. The number of hydrogen-bond donors (Lipinski definition) is 0. The highest BCUT2D eigenvalue weighted by Gasteiger charge is 2.43. The van der Waals surface area contributed by atoms with E-state index in [1.54, 1.807) is 0 Å². The van der Waals surface area contributed by atoms with Crippen LogP contribution in [0.3, 0.4) is 0 Å². The molecule has 0 amide bonds. The summed E-state index contributed by atoms with van der Waals surface area (Å²) in [6, 6.07) is 40.7. The number of fused-ring (bicyclic) bond motifs is 10. The van der Waals surface area contributed by atoms with Gasteiger partial charge in [0, 0.05) is 44.0 Å². The molecular formula is C70H82B2N2. The SMILES string of the molecule is Cc1cc2c3c(c1)c1cc(C(C)(C)C)ccc1n3-c1cc3c(cc1B2c1c(C(C)C)cc(C(C)C)cc1C(C)C)-n1c2ccc(C(C)(C)C)cc2c2cc(C)cc(c21)B3c1c(C(C)C)cc(C(C)C)cc1C(C)C. The molecule has 9 aromatic rings. The maximum absolute atomic E-state index is 2.73. The minimum absolute atomic E-state index is 0.01000. The normalized spacial score (nSPS) is 13.8. The molecule has 2 aromatic heterocycles. The van der Waals surface area contributed by atoms with Gasteiger partial charge in [0.15, 0.2) is 0 Å². The van der Waals surface area contributed by atoms with Gasteiger partial charge in [-0.15, -0.1) is 0 Å². The molecule has 0 aliphatic carbocycles. The smallest absolute Gasteiger partial charge is 0.247 e. The molecule has 74 heavy (non-hydrogen) atoms. The number of hydrogen-bond acceptors (Lipinski definition) is 0. The summed E-state index contributed by atoms with van der Waals surface area (Å²) in [4.78, 5) is 0. The van der Waals surface area contributed by atoms with Crippen LogP contribution in [0.15, 0.2) is 97.1 Å². The van der Waals surface area contributed by atoms with Crippen LogP contribution in [0, 0.1) is 13.8 Å². The summed E-state index contributed by atoms with van der Waals surface area (Å²) in [7, 11) is 0. The van der Waals surface area contributed by atoms with E-state index < -0.39 is 0 Å². The van der Waals surface area contributed by atoms with Gasteiger partial charge >= 0.3 is 0 Å². The van der Waals surface area contributed by atoms with Gasteiger partial charge in [0.1, 0.15) is 0 Å². The average Bonchev–Trinajstić information content (AvgIpc) is 3.82. The van der Waals surface area contributed by atoms with Gasteiger partial charge in [-0.3, -0.25) is 0 Å². The fourth-order valence-corrected chi connectivity index (χ4v) is 13.6. The molecule has 0 N–H and O–H groups in total. The standard InChI is InChI=1S/C70H82B2N2/c1-37(2)45-29-49(39(5)6)65(50(30-45)40(7)8)71-57-35-64-58(36-63(57)73-61-23-21-47(69(15,16)17)33-53(61)55-25-43(13)27-59(71)67(55)73)72(66-51(41(9)10)31-46(38(3)4)32-52(66)42(11)12)60-28-44(14)26-56-54-34-48(70(18,19)20)22-24-62(54)74(64)68(56)60/h21-42H,1-20H3. The van der Waals surface area contributed by atoms with Crippen molar-refractivity contribution >= 4 is 89.8 Å². The van der Waals surface area contributed by atoms with Gasteiger partial charge in [-0.2, -0.15) is 0 Å². The lowest BCUT2D eigenvalue weighted by atomic mass is 9.31. The van der Waals surface area contributed by atoms with E-state index in [4.69, 9.17) is 0 Å². The van der Waals surface area contributed by atoms with Gasteiger partial charge in [-0.25, -0.2) is 0 Å². The summed E-state index contributed by atoms with van der Waals surface area (Å²) in [5.41, 5.74) is 30.9. The van der Waals surface area contributed by atoms with Gasteiger partial charge < -0.3 is 9.13 Å². The van der Waals surface area contributed by atoms with Crippen molar-refractivity contribution in [2.75, 3.05) is 0 Å². The monoisotopic (exact) mass is 973 g/mol. The quantitative estimate of drug-likeness (QED) is 0.134. The third-order valence-corrected chi connectivity index (χ3v) is 17.6. The topological polar surface area (TPSA) is 9.86 Å². The second-order valence-corrected chi connectivity index (χ2v) is 27.1. The largest absolute Gasteiger partial charge is 0.310 e. The Morgan fingerprint density at radius 2 is 0.676 bits per heavy atom. The predicted octanol–water partition coefficient (Wildman–Crippen LogP) is 15.5. The van der Waals surface area contributed by atoms with Crippen LogP contribution in [-0.2, 0) is 10.8 Å². The molecule has 2 aliphatic rings. The number of nitrogens with zero attached hydrogens (tertiary/aromatic N) is 2. The van der Waals surface area contributed by atoms with Crippen molar-refractivity contribution in [1.82, 2.24) is 9.13 Å². The molecule has 7 aromatic carbocycles. The summed E-state index contributed by atoms with van der Waals surface area (Å²) >= 11 is 0. The van der Waals surface area contributed by atoms with Gasteiger partial charge in [0.2, 0.25) is 13.4 Å². The van der Waals surface area contributed by atoms with E-state index in [1.165, 1.54) is 143 Å². The fraction of sp³-hybridized carbons (Fsp3) is 0.400. The van der Waals surface area contributed by atoms with Gasteiger partial charge in [-0.05, 0) is 175 Å². The zero-order chi connectivity index (χ0) is 53.1. The lowest BCUT2D eigenvalue weighted by Crippen LogP contribution is -2.62. The maximum Gasteiger partial charge on any atom is 0.247 e. The number of benzene rings is 7.